The number of para-hydroxylation sites is 2. The predicted octanol–water partition coefficient (Wildman–Crippen LogP) is 2.88. The lowest BCUT2D eigenvalue weighted by atomic mass is 10.2. The van der Waals surface area contributed by atoms with Gasteiger partial charge in [0.25, 0.3) is 5.91 Å². The van der Waals surface area contributed by atoms with Gasteiger partial charge in [-0.15, -0.1) is 0 Å². The van der Waals surface area contributed by atoms with Crippen LogP contribution in [0, 0.1) is 0 Å². The van der Waals surface area contributed by atoms with Gasteiger partial charge in [0.1, 0.15) is 5.75 Å². The number of carbonyl (C=O) groups is 1. The van der Waals surface area contributed by atoms with Crippen molar-refractivity contribution in [3.05, 3.63) is 54.1 Å². The highest BCUT2D eigenvalue weighted by Crippen LogP contribution is 2.37. The Balaban J connectivity index is 1.89. The number of hydrogen-bond donors (Lipinski definition) is 1. The molecule has 1 fully saturated rings. The lowest BCUT2D eigenvalue weighted by molar-refractivity contribution is 0.102. The molecule has 0 radical (unpaired) electrons. The van der Waals surface area contributed by atoms with E-state index < -0.39 is 10.0 Å². The van der Waals surface area contributed by atoms with Gasteiger partial charge in [0.2, 0.25) is 10.0 Å². The number of nitrogens with one attached hydrogen (secondary N) is 1. The van der Waals surface area contributed by atoms with Crippen LogP contribution in [0.15, 0.2) is 48.5 Å². The van der Waals surface area contributed by atoms with E-state index in [1.54, 1.807) is 55.6 Å². The van der Waals surface area contributed by atoms with Crippen molar-refractivity contribution in [2.75, 3.05) is 23.0 Å². The number of nitrogens with zero attached hydrogens (tertiary/aromatic N) is 1. The van der Waals surface area contributed by atoms with E-state index in [1.807, 2.05) is 0 Å². The Hall–Kier alpha value is -2.54. The number of rotatable bonds is 6. The van der Waals surface area contributed by atoms with Gasteiger partial charge in [0.05, 0.1) is 24.7 Å². The first kappa shape index (κ1) is 17.3. The van der Waals surface area contributed by atoms with E-state index >= 15 is 0 Å². The fraction of sp³-hybridized carbons (Fsp3) is 0.278. The molecule has 7 heteroatoms. The molecule has 0 unspecified atom stereocenters. The largest absolute Gasteiger partial charge is 0.497 e. The highest BCUT2D eigenvalue weighted by atomic mass is 32.2. The third kappa shape index (κ3) is 3.93. The number of benzene rings is 2. The van der Waals surface area contributed by atoms with E-state index in [2.05, 4.69) is 5.32 Å². The summed E-state index contributed by atoms with van der Waals surface area (Å²) in [5, 5.41) is 2.81. The fourth-order valence-electron chi connectivity index (χ4n) is 2.66. The maximum Gasteiger partial charge on any atom is 0.255 e. The minimum absolute atomic E-state index is 0.0333. The topological polar surface area (TPSA) is 75.7 Å². The van der Waals surface area contributed by atoms with Gasteiger partial charge in [-0.05, 0) is 49.2 Å². The van der Waals surface area contributed by atoms with Crippen molar-refractivity contribution < 1.29 is 17.9 Å². The Morgan fingerprint density at radius 2 is 1.76 bits per heavy atom. The monoisotopic (exact) mass is 360 g/mol. The van der Waals surface area contributed by atoms with Crippen LogP contribution < -0.4 is 14.4 Å². The third-order valence-electron chi connectivity index (χ3n) is 3.98. The minimum atomic E-state index is -3.42. The molecule has 0 bridgehead atoms. The summed E-state index contributed by atoms with van der Waals surface area (Å²) in [6, 6.07) is 13.6. The van der Waals surface area contributed by atoms with Gasteiger partial charge in [0.15, 0.2) is 0 Å². The molecule has 0 spiro atoms. The zero-order valence-electron chi connectivity index (χ0n) is 14.1. The van der Waals surface area contributed by atoms with E-state index in [9.17, 15) is 13.2 Å². The second-order valence-corrected chi connectivity index (χ2v) is 7.85. The van der Waals surface area contributed by atoms with Crippen LogP contribution in [0.25, 0.3) is 0 Å². The average Bonchev–Trinajstić information content (AvgIpc) is 3.40. The van der Waals surface area contributed by atoms with Crippen molar-refractivity contribution in [2.24, 2.45) is 0 Å². The molecule has 2 aromatic carbocycles. The summed E-state index contributed by atoms with van der Waals surface area (Å²) >= 11 is 0. The molecule has 3 rings (SSSR count). The van der Waals surface area contributed by atoms with Gasteiger partial charge in [-0.1, -0.05) is 12.1 Å². The van der Waals surface area contributed by atoms with E-state index in [-0.39, 0.29) is 11.9 Å². The Labute approximate surface area is 147 Å². The van der Waals surface area contributed by atoms with Crippen molar-refractivity contribution in [3.8, 4) is 5.75 Å². The first-order chi connectivity index (χ1) is 11.9. The fourth-order valence-corrected chi connectivity index (χ4v) is 3.93. The summed E-state index contributed by atoms with van der Waals surface area (Å²) in [5.41, 5.74) is 1.43. The Morgan fingerprint density at radius 1 is 1.12 bits per heavy atom. The summed E-state index contributed by atoms with van der Waals surface area (Å²) in [6.07, 6.45) is 2.84. The lowest BCUT2D eigenvalue weighted by Crippen LogP contribution is -2.32. The van der Waals surface area contributed by atoms with Crippen LogP contribution in [0.5, 0.6) is 5.75 Å². The Bertz CT molecular complexity index is 874. The van der Waals surface area contributed by atoms with Crippen LogP contribution in [-0.4, -0.2) is 33.7 Å². The summed E-state index contributed by atoms with van der Waals surface area (Å²) in [5.74, 6) is 0.355. The molecule has 0 heterocycles. The molecule has 1 aliphatic carbocycles. The molecule has 132 valence electrons. The summed E-state index contributed by atoms with van der Waals surface area (Å²) < 4.78 is 30.9. The first-order valence-corrected chi connectivity index (χ1v) is 9.79. The molecular weight excluding hydrogens is 340 g/mol. The standard InChI is InChI=1S/C18H20N2O4S/c1-24-15-11-7-13(8-12-15)18(21)19-16-5-3-4-6-17(16)20(14-9-10-14)25(2,22)23/h3-8,11-12,14H,9-10H2,1-2H3,(H,19,21). The summed E-state index contributed by atoms with van der Waals surface area (Å²) in [4.78, 5) is 12.5. The Morgan fingerprint density at radius 3 is 2.32 bits per heavy atom. The van der Waals surface area contributed by atoms with Crippen molar-refractivity contribution in [2.45, 2.75) is 18.9 Å². The number of ether oxygens (including phenoxy) is 1. The molecule has 1 saturated carbocycles. The zero-order valence-corrected chi connectivity index (χ0v) is 14.9. The van der Waals surface area contributed by atoms with Crippen molar-refractivity contribution in [3.63, 3.8) is 0 Å². The van der Waals surface area contributed by atoms with E-state index in [1.165, 1.54) is 10.6 Å². The molecule has 25 heavy (non-hydrogen) atoms. The molecule has 1 amide bonds. The van der Waals surface area contributed by atoms with E-state index in [0.29, 0.717) is 22.7 Å². The predicted molar refractivity (Wildman–Crippen MR) is 97.7 cm³/mol. The molecule has 1 aliphatic rings. The van der Waals surface area contributed by atoms with Gasteiger partial charge in [-0.25, -0.2) is 8.42 Å². The number of sulfonamides is 1. The lowest BCUT2D eigenvalue weighted by Gasteiger charge is -2.24. The highest BCUT2D eigenvalue weighted by molar-refractivity contribution is 7.92. The number of anilines is 2. The normalized spacial score (nSPS) is 14.0. The van der Waals surface area contributed by atoms with Crippen LogP contribution in [0.2, 0.25) is 0 Å². The van der Waals surface area contributed by atoms with Gasteiger partial charge >= 0.3 is 0 Å². The number of hydrogen-bond acceptors (Lipinski definition) is 4. The van der Waals surface area contributed by atoms with Gasteiger partial charge < -0.3 is 10.1 Å². The van der Waals surface area contributed by atoms with Crippen LogP contribution in [0.3, 0.4) is 0 Å². The quantitative estimate of drug-likeness (QED) is 0.859. The van der Waals surface area contributed by atoms with E-state index in [0.717, 1.165) is 12.8 Å². The minimum Gasteiger partial charge on any atom is -0.497 e. The highest BCUT2D eigenvalue weighted by Gasteiger charge is 2.36. The third-order valence-corrected chi connectivity index (χ3v) is 5.19. The van der Waals surface area contributed by atoms with Gasteiger partial charge in [0, 0.05) is 11.6 Å². The smallest absolute Gasteiger partial charge is 0.255 e. The zero-order chi connectivity index (χ0) is 18.0. The number of carbonyl (C=O) groups excluding carboxylic acids is 1. The maximum absolute atomic E-state index is 12.5. The molecule has 0 aromatic heterocycles. The molecule has 1 N–H and O–H groups in total. The van der Waals surface area contributed by atoms with Crippen molar-refractivity contribution >= 4 is 27.3 Å². The first-order valence-electron chi connectivity index (χ1n) is 7.94. The van der Waals surface area contributed by atoms with Crippen LogP contribution in [0.1, 0.15) is 23.2 Å². The molecule has 0 atom stereocenters. The molecule has 2 aromatic rings. The molecule has 0 aliphatic heterocycles. The van der Waals surface area contributed by atoms with E-state index in [4.69, 9.17) is 4.74 Å². The Kier molecular flexibility index (Phi) is 4.67. The molecule has 6 nitrogen and oxygen atoms in total. The van der Waals surface area contributed by atoms with Crippen LogP contribution >= 0.6 is 0 Å². The van der Waals surface area contributed by atoms with Crippen LogP contribution in [-0.2, 0) is 10.0 Å². The second-order valence-electron chi connectivity index (χ2n) is 5.99. The van der Waals surface area contributed by atoms with Crippen molar-refractivity contribution in [1.29, 1.82) is 0 Å². The van der Waals surface area contributed by atoms with Crippen LogP contribution in [0.4, 0.5) is 11.4 Å². The number of amides is 1. The summed E-state index contributed by atoms with van der Waals surface area (Å²) in [6.45, 7) is 0. The maximum atomic E-state index is 12.5. The molecular formula is C18H20N2O4S. The number of methoxy groups -OCH3 is 1. The average molecular weight is 360 g/mol. The summed E-state index contributed by atoms with van der Waals surface area (Å²) in [7, 11) is -1.86. The van der Waals surface area contributed by atoms with Gasteiger partial charge in [-0.3, -0.25) is 9.10 Å². The SMILES string of the molecule is COc1ccc(C(=O)Nc2ccccc2N(C2CC2)S(C)(=O)=O)cc1. The second kappa shape index (κ2) is 6.76. The van der Waals surface area contributed by atoms with Gasteiger partial charge in [-0.2, -0.15) is 0 Å². The van der Waals surface area contributed by atoms with Crippen molar-refractivity contribution in [1.82, 2.24) is 0 Å². The molecule has 0 saturated heterocycles.